The second-order valence-corrected chi connectivity index (χ2v) is 4.55. The number of carbonyl (C=O) groups is 1. The number of rotatable bonds is 7. The van der Waals surface area contributed by atoms with Crippen LogP contribution in [-0.2, 0) is 16.1 Å². The third-order valence-corrected chi connectivity index (χ3v) is 2.47. The molecule has 0 aliphatic carbocycles. The minimum atomic E-state index is -0.650. The Morgan fingerprint density at radius 1 is 1.37 bits per heavy atom. The summed E-state index contributed by atoms with van der Waals surface area (Å²) in [4.78, 5) is 11.7. The largest absolute Gasteiger partial charge is 0.491 e. The first-order valence-electron chi connectivity index (χ1n) is 6.31. The van der Waals surface area contributed by atoms with Crippen LogP contribution in [0.5, 0.6) is 5.75 Å². The van der Waals surface area contributed by atoms with Crippen LogP contribution in [0, 0.1) is 0 Å². The number of methoxy groups -OCH3 is 1. The lowest BCUT2D eigenvalue weighted by atomic mass is 10.2. The van der Waals surface area contributed by atoms with E-state index in [-0.39, 0.29) is 18.6 Å². The van der Waals surface area contributed by atoms with Gasteiger partial charge in [0.25, 0.3) is 0 Å². The minimum Gasteiger partial charge on any atom is -0.491 e. The van der Waals surface area contributed by atoms with Gasteiger partial charge in [-0.3, -0.25) is 4.79 Å². The van der Waals surface area contributed by atoms with Gasteiger partial charge in [-0.1, -0.05) is 18.2 Å². The number of hydrogen-bond donors (Lipinski definition) is 2. The molecule has 0 aliphatic heterocycles. The molecule has 1 aromatic rings. The topological polar surface area (TPSA) is 73.6 Å². The zero-order chi connectivity index (χ0) is 14.3. The Kier molecular flexibility index (Phi) is 6.32. The summed E-state index contributed by atoms with van der Waals surface area (Å²) in [5.41, 5.74) is 6.57. The predicted molar refractivity (Wildman–Crippen MR) is 73.9 cm³/mol. The molecule has 0 saturated heterocycles. The lowest BCUT2D eigenvalue weighted by Gasteiger charge is -2.16. The average Bonchev–Trinajstić information content (AvgIpc) is 2.37. The van der Waals surface area contributed by atoms with Crippen LogP contribution in [0.2, 0.25) is 0 Å². The first kappa shape index (κ1) is 15.5. The van der Waals surface area contributed by atoms with Crippen molar-refractivity contribution in [2.24, 2.45) is 5.73 Å². The Hall–Kier alpha value is -1.59. The molecule has 0 bridgehead atoms. The molecule has 5 heteroatoms. The maximum absolute atomic E-state index is 11.7. The van der Waals surface area contributed by atoms with Gasteiger partial charge in [-0.15, -0.1) is 0 Å². The number of hydrogen-bond acceptors (Lipinski definition) is 4. The third-order valence-electron chi connectivity index (χ3n) is 2.47. The van der Waals surface area contributed by atoms with Crippen LogP contribution in [0.1, 0.15) is 19.4 Å². The number of ether oxygens (including phenoxy) is 2. The highest BCUT2D eigenvalue weighted by Gasteiger charge is 2.13. The molecule has 0 aromatic heterocycles. The fourth-order valence-electron chi connectivity index (χ4n) is 1.59. The summed E-state index contributed by atoms with van der Waals surface area (Å²) in [6, 6.07) is 6.96. The van der Waals surface area contributed by atoms with E-state index in [1.807, 2.05) is 38.1 Å². The maximum atomic E-state index is 11.7. The van der Waals surface area contributed by atoms with Gasteiger partial charge in [0.05, 0.1) is 12.7 Å². The number of carbonyl (C=O) groups excluding carboxylic acids is 1. The molecule has 3 N–H and O–H groups in total. The first-order valence-corrected chi connectivity index (χ1v) is 6.31. The lowest BCUT2D eigenvalue weighted by Crippen LogP contribution is -2.43. The van der Waals surface area contributed by atoms with E-state index in [9.17, 15) is 4.79 Å². The van der Waals surface area contributed by atoms with Crippen molar-refractivity contribution in [1.82, 2.24) is 5.32 Å². The summed E-state index contributed by atoms with van der Waals surface area (Å²) in [5, 5.41) is 2.77. The molecule has 1 rings (SSSR count). The van der Waals surface area contributed by atoms with Gasteiger partial charge in [0.1, 0.15) is 11.8 Å². The van der Waals surface area contributed by atoms with E-state index in [0.29, 0.717) is 6.54 Å². The van der Waals surface area contributed by atoms with Gasteiger partial charge < -0.3 is 20.5 Å². The quantitative estimate of drug-likeness (QED) is 0.774. The molecule has 0 saturated carbocycles. The van der Waals surface area contributed by atoms with Gasteiger partial charge in [-0.05, 0) is 19.9 Å². The molecule has 0 aliphatic rings. The summed E-state index contributed by atoms with van der Waals surface area (Å²) >= 11 is 0. The maximum Gasteiger partial charge on any atom is 0.239 e. The van der Waals surface area contributed by atoms with E-state index < -0.39 is 6.04 Å². The number of benzene rings is 1. The van der Waals surface area contributed by atoms with Gasteiger partial charge in [-0.25, -0.2) is 0 Å². The summed E-state index contributed by atoms with van der Waals surface area (Å²) in [6.45, 7) is 4.52. The Morgan fingerprint density at radius 3 is 2.68 bits per heavy atom. The molecular weight excluding hydrogens is 244 g/mol. The summed E-state index contributed by atoms with van der Waals surface area (Å²) in [6.07, 6.45) is 0.0904. The van der Waals surface area contributed by atoms with E-state index in [0.717, 1.165) is 11.3 Å². The number of nitrogens with two attached hydrogens (primary N) is 1. The summed E-state index contributed by atoms with van der Waals surface area (Å²) < 4.78 is 10.5. The monoisotopic (exact) mass is 266 g/mol. The molecule has 0 heterocycles. The highest BCUT2D eigenvalue weighted by atomic mass is 16.5. The number of amides is 1. The van der Waals surface area contributed by atoms with E-state index in [4.69, 9.17) is 15.2 Å². The van der Waals surface area contributed by atoms with Crippen molar-refractivity contribution in [3.8, 4) is 5.75 Å². The van der Waals surface area contributed by atoms with Crippen molar-refractivity contribution in [1.29, 1.82) is 0 Å². The second-order valence-electron chi connectivity index (χ2n) is 4.55. The van der Waals surface area contributed by atoms with Crippen LogP contribution in [0.15, 0.2) is 24.3 Å². The SMILES string of the molecule is COCC(N)C(=O)NCc1ccccc1OC(C)C. The highest BCUT2D eigenvalue weighted by molar-refractivity contribution is 5.81. The molecule has 0 fully saturated rings. The van der Waals surface area contributed by atoms with Crippen molar-refractivity contribution < 1.29 is 14.3 Å². The third kappa shape index (κ3) is 5.28. The van der Waals surface area contributed by atoms with Gasteiger partial charge in [-0.2, -0.15) is 0 Å². The van der Waals surface area contributed by atoms with Crippen molar-refractivity contribution >= 4 is 5.91 Å². The molecule has 0 radical (unpaired) electrons. The Balaban J connectivity index is 2.59. The zero-order valence-corrected chi connectivity index (χ0v) is 11.7. The fraction of sp³-hybridized carbons (Fsp3) is 0.500. The van der Waals surface area contributed by atoms with E-state index >= 15 is 0 Å². The molecular formula is C14H22N2O3. The molecule has 5 nitrogen and oxygen atoms in total. The molecule has 1 amide bonds. The van der Waals surface area contributed by atoms with Gasteiger partial charge in [0.2, 0.25) is 5.91 Å². The van der Waals surface area contributed by atoms with Gasteiger partial charge >= 0.3 is 0 Å². The van der Waals surface area contributed by atoms with E-state index in [1.165, 1.54) is 7.11 Å². The van der Waals surface area contributed by atoms with E-state index in [1.54, 1.807) is 0 Å². The minimum absolute atomic E-state index is 0.0904. The van der Waals surface area contributed by atoms with Crippen molar-refractivity contribution in [2.75, 3.05) is 13.7 Å². The fourth-order valence-corrected chi connectivity index (χ4v) is 1.59. The van der Waals surface area contributed by atoms with Gasteiger partial charge in [0, 0.05) is 19.2 Å². The normalized spacial score (nSPS) is 12.3. The predicted octanol–water partition coefficient (Wildman–Crippen LogP) is 1.06. The molecule has 1 atom stereocenters. The molecule has 1 unspecified atom stereocenters. The standard InChI is InChI=1S/C14H22N2O3/c1-10(2)19-13-7-5-4-6-11(13)8-16-14(17)12(15)9-18-3/h4-7,10,12H,8-9,15H2,1-3H3,(H,16,17). The summed E-state index contributed by atoms with van der Waals surface area (Å²) in [5.74, 6) is 0.541. The molecule has 1 aromatic carbocycles. The molecule has 0 spiro atoms. The highest BCUT2D eigenvalue weighted by Crippen LogP contribution is 2.19. The average molecular weight is 266 g/mol. The Morgan fingerprint density at radius 2 is 2.05 bits per heavy atom. The van der Waals surface area contributed by atoms with Crippen LogP contribution in [0.3, 0.4) is 0 Å². The molecule has 19 heavy (non-hydrogen) atoms. The Bertz CT molecular complexity index is 407. The molecule has 106 valence electrons. The smallest absolute Gasteiger partial charge is 0.239 e. The Labute approximate surface area is 114 Å². The second kappa shape index (κ2) is 7.76. The zero-order valence-electron chi connectivity index (χ0n) is 11.7. The number of nitrogens with one attached hydrogen (secondary N) is 1. The van der Waals surface area contributed by atoms with Crippen molar-refractivity contribution in [2.45, 2.75) is 32.5 Å². The van der Waals surface area contributed by atoms with Crippen LogP contribution in [-0.4, -0.2) is 31.8 Å². The van der Waals surface area contributed by atoms with Crippen LogP contribution in [0.25, 0.3) is 0 Å². The van der Waals surface area contributed by atoms with Crippen LogP contribution < -0.4 is 15.8 Å². The van der Waals surface area contributed by atoms with Crippen molar-refractivity contribution in [3.63, 3.8) is 0 Å². The van der Waals surface area contributed by atoms with Crippen molar-refractivity contribution in [3.05, 3.63) is 29.8 Å². The van der Waals surface area contributed by atoms with Gasteiger partial charge in [0.15, 0.2) is 0 Å². The van der Waals surface area contributed by atoms with Crippen LogP contribution >= 0.6 is 0 Å². The lowest BCUT2D eigenvalue weighted by molar-refractivity contribution is -0.123. The summed E-state index contributed by atoms with van der Waals surface area (Å²) in [7, 11) is 1.51. The number of para-hydroxylation sites is 1. The van der Waals surface area contributed by atoms with E-state index in [2.05, 4.69) is 5.32 Å². The first-order chi connectivity index (χ1) is 9.04. The van der Waals surface area contributed by atoms with Crippen LogP contribution in [0.4, 0.5) is 0 Å².